The van der Waals surface area contributed by atoms with E-state index in [1.807, 2.05) is 29.2 Å². The number of rotatable bonds is 4. The fourth-order valence-corrected chi connectivity index (χ4v) is 6.37. The lowest BCUT2D eigenvalue weighted by Gasteiger charge is -2.20. The summed E-state index contributed by atoms with van der Waals surface area (Å²) in [6.07, 6.45) is 0.614. The van der Waals surface area contributed by atoms with E-state index in [1.54, 1.807) is 23.1 Å². The largest absolute Gasteiger partial charge is 0.341 e. The summed E-state index contributed by atoms with van der Waals surface area (Å²) in [5.74, 6) is 0.290. The van der Waals surface area contributed by atoms with Gasteiger partial charge in [-0.3, -0.25) is 4.79 Å². The van der Waals surface area contributed by atoms with E-state index in [0.717, 1.165) is 20.6 Å². The van der Waals surface area contributed by atoms with Crippen LogP contribution >= 0.6 is 34.9 Å². The average Bonchev–Trinajstić information content (AvgIpc) is 2.96. The molecular weight excluding hydrogens is 418 g/mol. The van der Waals surface area contributed by atoms with Crippen LogP contribution in [0.5, 0.6) is 0 Å². The van der Waals surface area contributed by atoms with Gasteiger partial charge in [-0.25, -0.2) is 13.8 Å². The van der Waals surface area contributed by atoms with E-state index < -0.39 is 5.82 Å². The van der Waals surface area contributed by atoms with Gasteiger partial charge < -0.3 is 4.90 Å². The second-order valence-corrected chi connectivity index (χ2v) is 9.99. The standard InChI is InChI=1S/C20H18F2N2OS3/c21-13-5-6-15(22)14(11-13)17-7-8-24(9-10-26-17)19(25)12-27-20-23-16-3-1-2-4-18(16)28-20/h1-6,11,17H,7-10,12H2/t17-/m0/s1. The number of nitrogens with zero attached hydrogens (tertiary/aromatic N) is 2. The molecule has 1 fully saturated rings. The maximum Gasteiger partial charge on any atom is 0.233 e. The van der Waals surface area contributed by atoms with Crippen molar-refractivity contribution in [2.24, 2.45) is 0 Å². The number of halogens is 2. The Labute approximate surface area is 174 Å². The van der Waals surface area contributed by atoms with Crippen LogP contribution in [0.1, 0.15) is 17.2 Å². The highest BCUT2D eigenvalue weighted by Crippen LogP contribution is 2.36. The molecule has 28 heavy (non-hydrogen) atoms. The molecule has 0 N–H and O–H groups in total. The number of thiazole rings is 1. The van der Waals surface area contributed by atoms with Crippen molar-refractivity contribution in [1.29, 1.82) is 0 Å². The van der Waals surface area contributed by atoms with Crippen molar-refractivity contribution < 1.29 is 13.6 Å². The fraction of sp³-hybridized carbons (Fsp3) is 0.300. The Hall–Kier alpha value is -1.64. The highest BCUT2D eigenvalue weighted by Gasteiger charge is 2.24. The molecule has 4 rings (SSSR count). The van der Waals surface area contributed by atoms with Crippen molar-refractivity contribution in [3.63, 3.8) is 0 Å². The van der Waals surface area contributed by atoms with Crippen LogP contribution < -0.4 is 0 Å². The van der Waals surface area contributed by atoms with Crippen LogP contribution in [-0.4, -0.2) is 40.4 Å². The van der Waals surface area contributed by atoms with Gasteiger partial charge in [0.1, 0.15) is 11.6 Å². The maximum atomic E-state index is 14.1. The smallest absolute Gasteiger partial charge is 0.233 e. The molecule has 0 aliphatic carbocycles. The summed E-state index contributed by atoms with van der Waals surface area (Å²) in [6, 6.07) is 11.5. The van der Waals surface area contributed by atoms with Gasteiger partial charge in [0.15, 0.2) is 4.34 Å². The minimum absolute atomic E-state index is 0.0604. The number of thioether (sulfide) groups is 2. The number of hydrogen-bond donors (Lipinski definition) is 0. The van der Waals surface area contributed by atoms with Crippen LogP contribution in [0.4, 0.5) is 8.78 Å². The number of fused-ring (bicyclic) bond motifs is 1. The van der Waals surface area contributed by atoms with Gasteiger partial charge in [-0.15, -0.1) is 11.3 Å². The van der Waals surface area contributed by atoms with Gasteiger partial charge in [0.2, 0.25) is 5.91 Å². The van der Waals surface area contributed by atoms with Gasteiger partial charge in [0.05, 0.1) is 16.0 Å². The molecule has 3 nitrogen and oxygen atoms in total. The zero-order valence-corrected chi connectivity index (χ0v) is 17.4. The topological polar surface area (TPSA) is 33.2 Å². The van der Waals surface area contributed by atoms with Crippen LogP contribution in [0, 0.1) is 11.6 Å². The van der Waals surface area contributed by atoms with Crippen LogP contribution in [0.2, 0.25) is 0 Å². The summed E-state index contributed by atoms with van der Waals surface area (Å²) in [7, 11) is 0. The molecular formula is C20H18F2N2OS3. The number of carbonyl (C=O) groups is 1. The minimum Gasteiger partial charge on any atom is -0.341 e. The predicted molar refractivity (Wildman–Crippen MR) is 113 cm³/mol. The van der Waals surface area contributed by atoms with E-state index in [0.29, 0.717) is 36.6 Å². The lowest BCUT2D eigenvalue weighted by Crippen LogP contribution is -2.34. The second kappa shape index (κ2) is 8.80. The summed E-state index contributed by atoms with van der Waals surface area (Å²) in [5, 5.41) is -0.134. The Bertz CT molecular complexity index is 961. The van der Waals surface area contributed by atoms with Gasteiger partial charge in [-0.05, 0) is 36.8 Å². The minimum atomic E-state index is -0.429. The Morgan fingerprint density at radius 3 is 2.93 bits per heavy atom. The predicted octanol–water partition coefficient (Wildman–Crippen LogP) is 5.37. The van der Waals surface area contributed by atoms with E-state index in [1.165, 1.54) is 23.9 Å². The van der Waals surface area contributed by atoms with Gasteiger partial charge in [0.25, 0.3) is 0 Å². The Balaban J connectivity index is 1.35. The molecule has 1 amide bonds. The van der Waals surface area contributed by atoms with Gasteiger partial charge >= 0.3 is 0 Å². The van der Waals surface area contributed by atoms with E-state index in [4.69, 9.17) is 0 Å². The van der Waals surface area contributed by atoms with Crippen molar-refractivity contribution in [1.82, 2.24) is 9.88 Å². The molecule has 1 aliphatic heterocycles. The summed E-state index contributed by atoms with van der Waals surface area (Å²) in [6.45, 7) is 1.17. The molecule has 1 aliphatic rings. The molecule has 146 valence electrons. The highest BCUT2D eigenvalue weighted by atomic mass is 32.2. The second-order valence-electron chi connectivity index (χ2n) is 6.43. The lowest BCUT2D eigenvalue weighted by molar-refractivity contribution is -0.128. The quantitative estimate of drug-likeness (QED) is 0.515. The molecule has 0 bridgehead atoms. The first-order valence-corrected chi connectivity index (χ1v) is 11.8. The first-order chi connectivity index (χ1) is 13.6. The molecule has 0 saturated carbocycles. The molecule has 0 spiro atoms. The molecule has 8 heteroatoms. The third-order valence-electron chi connectivity index (χ3n) is 4.59. The lowest BCUT2D eigenvalue weighted by atomic mass is 10.1. The fourth-order valence-electron chi connectivity index (χ4n) is 3.16. The SMILES string of the molecule is O=C(CSc1nc2ccccc2s1)N1CCS[C@H](c2cc(F)ccc2F)CC1. The van der Waals surface area contributed by atoms with E-state index in [2.05, 4.69) is 4.98 Å². The van der Waals surface area contributed by atoms with E-state index >= 15 is 0 Å². The van der Waals surface area contributed by atoms with Crippen LogP contribution in [0.15, 0.2) is 46.8 Å². The summed E-state index contributed by atoms with van der Waals surface area (Å²) in [4.78, 5) is 19.0. The number of amides is 1. The van der Waals surface area contributed by atoms with Crippen molar-refractivity contribution >= 4 is 51.0 Å². The number of hydrogen-bond acceptors (Lipinski definition) is 5. The number of carbonyl (C=O) groups excluding carboxylic acids is 1. The normalized spacial score (nSPS) is 17.6. The zero-order chi connectivity index (χ0) is 19.5. The Kier molecular flexibility index (Phi) is 6.18. The zero-order valence-electron chi connectivity index (χ0n) is 14.9. The van der Waals surface area contributed by atoms with Gasteiger partial charge in [-0.1, -0.05) is 23.9 Å². The monoisotopic (exact) mass is 436 g/mol. The van der Waals surface area contributed by atoms with Crippen molar-refractivity contribution in [3.8, 4) is 0 Å². The molecule has 0 unspecified atom stereocenters. The molecule has 1 atom stereocenters. The maximum absolute atomic E-state index is 14.1. The Morgan fingerprint density at radius 2 is 2.07 bits per heavy atom. The molecule has 2 aromatic carbocycles. The van der Waals surface area contributed by atoms with Crippen LogP contribution in [-0.2, 0) is 4.79 Å². The number of benzene rings is 2. The highest BCUT2D eigenvalue weighted by molar-refractivity contribution is 8.01. The number of para-hydroxylation sites is 1. The van der Waals surface area contributed by atoms with Gasteiger partial charge in [0, 0.05) is 29.7 Å². The van der Waals surface area contributed by atoms with E-state index in [-0.39, 0.29) is 17.0 Å². The van der Waals surface area contributed by atoms with Crippen molar-refractivity contribution in [2.45, 2.75) is 16.0 Å². The van der Waals surface area contributed by atoms with E-state index in [9.17, 15) is 13.6 Å². The summed E-state index contributed by atoms with van der Waals surface area (Å²) < 4.78 is 29.6. The van der Waals surface area contributed by atoms with Crippen LogP contribution in [0.25, 0.3) is 10.2 Å². The molecule has 1 saturated heterocycles. The summed E-state index contributed by atoms with van der Waals surface area (Å²) >= 11 is 4.63. The average molecular weight is 437 g/mol. The Morgan fingerprint density at radius 1 is 1.21 bits per heavy atom. The first kappa shape index (κ1) is 19.7. The van der Waals surface area contributed by atoms with Crippen molar-refractivity contribution in [2.75, 3.05) is 24.6 Å². The first-order valence-electron chi connectivity index (χ1n) is 8.93. The number of aromatic nitrogens is 1. The molecule has 2 heterocycles. The third-order valence-corrected chi connectivity index (χ3v) is 8.07. The molecule has 0 radical (unpaired) electrons. The van der Waals surface area contributed by atoms with Crippen LogP contribution in [0.3, 0.4) is 0 Å². The van der Waals surface area contributed by atoms with Gasteiger partial charge in [-0.2, -0.15) is 11.8 Å². The molecule has 3 aromatic rings. The van der Waals surface area contributed by atoms with Crippen molar-refractivity contribution in [3.05, 3.63) is 59.7 Å². The summed E-state index contributed by atoms with van der Waals surface area (Å²) in [5.41, 5.74) is 1.34. The third kappa shape index (κ3) is 4.50. The molecule has 1 aromatic heterocycles.